The zero-order valence-electron chi connectivity index (χ0n) is 14.9. The number of halogens is 1. The van der Waals surface area contributed by atoms with E-state index >= 15 is 0 Å². The van der Waals surface area contributed by atoms with E-state index in [9.17, 15) is 0 Å². The Kier molecular flexibility index (Phi) is 3.29. The summed E-state index contributed by atoms with van der Waals surface area (Å²) in [5, 5.41) is 3.74. The Hall–Kier alpha value is -1.79. The van der Waals surface area contributed by atoms with Crippen LogP contribution in [0.3, 0.4) is 0 Å². The van der Waals surface area contributed by atoms with E-state index in [1.54, 1.807) is 5.56 Å². The van der Waals surface area contributed by atoms with Gasteiger partial charge in [-0.25, -0.2) is 0 Å². The molecule has 0 nitrogen and oxygen atoms in total. The first-order valence-electron chi connectivity index (χ1n) is 10.1. The Balaban J connectivity index is 1.73. The second-order valence-corrected chi connectivity index (χ2v) is 9.22. The van der Waals surface area contributed by atoms with E-state index in [2.05, 4.69) is 54.6 Å². The molecule has 0 aromatic heterocycles. The van der Waals surface area contributed by atoms with Crippen LogP contribution in [0.15, 0.2) is 54.6 Å². The minimum atomic E-state index is 0.686. The van der Waals surface area contributed by atoms with Gasteiger partial charge in [-0.05, 0) is 101 Å². The van der Waals surface area contributed by atoms with Crippen LogP contribution in [0.25, 0.3) is 21.9 Å². The molecule has 4 aliphatic carbocycles. The molecule has 0 aliphatic heterocycles. The summed E-state index contributed by atoms with van der Waals surface area (Å²) in [5.41, 5.74) is 6.03. The second-order valence-electron chi connectivity index (χ2n) is 8.78. The van der Waals surface area contributed by atoms with Crippen molar-refractivity contribution in [3.63, 3.8) is 0 Å². The van der Waals surface area contributed by atoms with Gasteiger partial charge in [-0.1, -0.05) is 54.1 Å². The lowest BCUT2D eigenvalue weighted by Crippen LogP contribution is -2.29. The third-order valence-electron chi connectivity index (χ3n) is 7.26. The number of benzene rings is 3. The van der Waals surface area contributed by atoms with Crippen molar-refractivity contribution in [2.45, 2.75) is 43.9 Å². The number of hydrogen-bond donors (Lipinski definition) is 0. The highest BCUT2D eigenvalue weighted by molar-refractivity contribution is 6.30. The third-order valence-corrected chi connectivity index (χ3v) is 7.50. The molecule has 130 valence electrons. The summed E-state index contributed by atoms with van der Waals surface area (Å²) in [6, 6.07) is 20.3. The van der Waals surface area contributed by atoms with Gasteiger partial charge in [0.05, 0.1) is 0 Å². The van der Waals surface area contributed by atoms with Crippen LogP contribution < -0.4 is 0 Å². The molecule has 2 unspecified atom stereocenters. The van der Waals surface area contributed by atoms with Crippen LogP contribution in [-0.2, 0) is 0 Å². The minimum absolute atomic E-state index is 0.686. The largest absolute Gasteiger partial charge is 0.0843 e. The van der Waals surface area contributed by atoms with Crippen molar-refractivity contribution >= 4 is 22.4 Å². The Morgan fingerprint density at radius 1 is 0.692 bits per heavy atom. The van der Waals surface area contributed by atoms with E-state index in [1.165, 1.54) is 59.6 Å². The summed E-state index contributed by atoms with van der Waals surface area (Å²) < 4.78 is 0. The van der Waals surface area contributed by atoms with Crippen LogP contribution in [0.2, 0.25) is 5.02 Å². The third kappa shape index (κ3) is 2.21. The topological polar surface area (TPSA) is 0 Å². The van der Waals surface area contributed by atoms with Crippen molar-refractivity contribution in [1.29, 1.82) is 0 Å². The molecule has 7 rings (SSSR count). The first kappa shape index (κ1) is 15.3. The monoisotopic (exact) mass is 358 g/mol. The van der Waals surface area contributed by atoms with Gasteiger partial charge in [0.15, 0.2) is 0 Å². The van der Waals surface area contributed by atoms with E-state index in [1.807, 2.05) is 0 Å². The predicted molar refractivity (Wildman–Crippen MR) is 110 cm³/mol. The summed E-state index contributed by atoms with van der Waals surface area (Å²) in [6.45, 7) is 0. The van der Waals surface area contributed by atoms with E-state index in [0.717, 1.165) is 16.9 Å². The van der Waals surface area contributed by atoms with E-state index < -0.39 is 0 Å². The van der Waals surface area contributed by atoms with Crippen molar-refractivity contribution in [3.8, 4) is 11.1 Å². The van der Waals surface area contributed by atoms with Gasteiger partial charge >= 0.3 is 0 Å². The van der Waals surface area contributed by atoms with Crippen LogP contribution in [0, 0.1) is 11.8 Å². The number of rotatable bonds is 0. The van der Waals surface area contributed by atoms with Gasteiger partial charge in [0.25, 0.3) is 0 Å². The van der Waals surface area contributed by atoms with Crippen LogP contribution in [0.4, 0.5) is 0 Å². The number of hydrogen-bond acceptors (Lipinski definition) is 0. The smallest absolute Gasteiger partial charge is 0.0409 e. The van der Waals surface area contributed by atoms with Crippen LogP contribution >= 0.6 is 11.6 Å². The van der Waals surface area contributed by atoms with Gasteiger partial charge in [0, 0.05) is 5.02 Å². The number of fused-ring (bicyclic) bond motifs is 1. The molecule has 3 aromatic carbocycles. The molecule has 0 saturated heterocycles. The maximum atomic E-state index is 6.46. The van der Waals surface area contributed by atoms with Crippen molar-refractivity contribution in [2.75, 3.05) is 0 Å². The first-order valence-corrected chi connectivity index (χ1v) is 10.5. The average Bonchev–Trinajstić information content (AvgIpc) is 2.71. The Labute approximate surface area is 160 Å². The van der Waals surface area contributed by atoms with Crippen molar-refractivity contribution < 1.29 is 0 Å². The Morgan fingerprint density at radius 2 is 1.42 bits per heavy atom. The van der Waals surface area contributed by atoms with Gasteiger partial charge in [0.2, 0.25) is 0 Å². The lowest BCUT2D eigenvalue weighted by Gasteiger charge is -2.42. The zero-order valence-corrected chi connectivity index (χ0v) is 15.7. The fourth-order valence-corrected chi connectivity index (χ4v) is 6.61. The predicted octanol–water partition coefficient (Wildman–Crippen LogP) is 7.55. The normalized spacial score (nSPS) is 29.0. The molecular weight excluding hydrogens is 336 g/mol. The summed E-state index contributed by atoms with van der Waals surface area (Å²) in [4.78, 5) is 0. The molecule has 2 fully saturated rings. The molecule has 0 N–H and O–H groups in total. The highest BCUT2D eigenvalue weighted by Gasteiger charge is 2.40. The standard InChI is InChI=1S/C25H23Cl/c26-20-6-8-22-23-7-5-17-3-1-2-4-21(17)25(23)19-12-15-9-16(13-19)11-18(10-15)24(22)14-20/h1-8,14-16,18-19H,9-13H2. The maximum absolute atomic E-state index is 6.46. The molecule has 0 spiro atoms. The van der Waals surface area contributed by atoms with E-state index in [-0.39, 0.29) is 0 Å². The van der Waals surface area contributed by atoms with Crippen LogP contribution in [0.5, 0.6) is 0 Å². The second kappa shape index (κ2) is 5.60. The first-order chi connectivity index (χ1) is 12.8. The average molecular weight is 359 g/mol. The van der Waals surface area contributed by atoms with Gasteiger partial charge in [-0.15, -0.1) is 0 Å². The Bertz CT molecular complexity index is 1000. The lowest BCUT2D eigenvalue weighted by atomic mass is 9.63. The van der Waals surface area contributed by atoms with Crippen molar-refractivity contribution in [2.24, 2.45) is 11.8 Å². The highest BCUT2D eigenvalue weighted by atomic mass is 35.5. The molecule has 4 bridgehead atoms. The van der Waals surface area contributed by atoms with Crippen molar-refractivity contribution in [3.05, 3.63) is 70.7 Å². The van der Waals surface area contributed by atoms with E-state index in [4.69, 9.17) is 11.6 Å². The molecule has 26 heavy (non-hydrogen) atoms. The summed E-state index contributed by atoms with van der Waals surface area (Å²) >= 11 is 6.46. The minimum Gasteiger partial charge on any atom is -0.0843 e. The molecule has 0 amide bonds. The molecule has 0 radical (unpaired) electrons. The summed E-state index contributed by atoms with van der Waals surface area (Å²) in [6.07, 6.45) is 6.90. The molecule has 1 heteroatoms. The Morgan fingerprint density at radius 3 is 2.27 bits per heavy atom. The molecule has 2 atom stereocenters. The van der Waals surface area contributed by atoms with Crippen LogP contribution in [0.1, 0.15) is 55.1 Å². The summed E-state index contributed by atoms with van der Waals surface area (Å²) in [7, 11) is 0. The fraction of sp³-hybridized carbons (Fsp3) is 0.360. The zero-order chi connectivity index (χ0) is 17.3. The quantitative estimate of drug-likeness (QED) is 0.389. The highest BCUT2D eigenvalue weighted by Crippen LogP contribution is 2.56. The van der Waals surface area contributed by atoms with Gasteiger partial charge in [-0.3, -0.25) is 0 Å². The van der Waals surface area contributed by atoms with Gasteiger partial charge in [0.1, 0.15) is 0 Å². The maximum Gasteiger partial charge on any atom is 0.0409 e. The fourth-order valence-electron chi connectivity index (χ4n) is 6.43. The lowest BCUT2D eigenvalue weighted by molar-refractivity contribution is 0.153. The SMILES string of the molecule is Clc1ccc2c(c1)C1CC3CC(C1)CC(C3)c1c-2ccc2ccccc12. The van der Waals surface area contributed by atoms with Crippen LogP contribution in [-0.4, -0.2) is 0 Å². The molecule has 3 aromatic rings. The summed E-state index contributed by atoms with van der Waals surface area (Å²) in [5.74, 6) is 3.16. The van der Waals surface area contributed by atoms with Crippen molar-refractivity contribution in [1.82, 2.24) is 0 Å². The van der Waals surface area contributed by atoms with Gasteiger partial charge < -0.3 is 0 Å². The molecule has 2 saturated carbocycles. The van der Waals surface area contributed by atoms with E-state index in [0.29, 0.717) is 11.8 Å². The molecule has 0 heterocycles. The van der Waals surface area contributed by atoms with Gasteiger partial charge in [-0.2, -0.15) is 0 Å². The molecule has 4 aliphatic rings. The molecular formula is C25H23Cl.